The molecule has 1 aliphatic rings. The molecule has 7 aromatic carbocycles. The van der Waals surface area contributed by atoms with Crippen LogP contribution < -0.4 is 14.5 Å². The summed E-state index contributed by atoms with van der Waals surface area (Å²) in [5.74, 6) is 2.41. The lowest BCUT2D eigenvalue weighted by atomic mass is 9.78. The SMILES string of the molecule is CC(C)(C)c1cc(N2CN(c3cc(Oc4ccc5c6cc(-c7ccccc7)ccc6n(-c6cc(C(C)(C)C)ccn6)c5c4)cc(C(C)(C)c4ccccc4)c3)C=C2c2ccccc2)cc(C(C)(C)C)c1. The molecule has 0 aliphatic carbocycles. The summed E-state index contributed by atoms with van der Waals surface area (Å²) < 4.78 is 9.45. The highest BCUT2D eigenvalue weighted by Crippen LogP contribution is 2.44. The van der Waals surface area contributed by atoms with Crippen molar-refractivity contribution >= 4 is 38.9 Å². The molecule has 0 saturated heterocycles. The van der Waals surface area contributed by atoms with Crippen LogP contribution in [0.3, 0.4) is 0 Å². The number of aromatic nitrogens is 2. The minimum Gasteiger partial charge on any atom is -0.457 e. The van der Waals surface area contributed by atoms with E-state index >= 15 is 0 Å². The first-order chi connectivity index (χ1) is 33.3. The van der Waals surface area contributed by atoms with E-state index in [0.717, 1.165) is 50.7 Å². The largest absolute Gasteiger partial charge is 0.457 e. The van der Waals surface area contributed by atoms with Gasteiger partial charge in [-0.25, -0.2) is 4.98 Å². The van der Waals surface area contributed by atoms with E-state index in [1.165, 1.54) is 50.0 Å². The number of anilines is 2. The van der Waals surface area contributed by atoms with Crippen molar-refractivity contribution in [1.82, 2.24) is 9.55 Å². The van der Waals surface area contributed by atoms with Crippen molar-refractivity contribution in [1.29, 1.82) is 0 Å². The van der Waals surface area contributed by atoms with Crippen LogP contribution in [0.5, 0.6) is 11.5 Å². The third-order valence-electron chi connectivity index (χ3n) is 14.3. The van der Waals surface area contributed by atoms with E-state index in [2.05, 4.69) is 273 Å². The number of hydrogen-bond acceptors (Lipinski definition) is 4. The molecule has 0 bridgehead atoms. The van der Waals surface area contributed by atoms with E-state index in [1.807, 2.05) is 6.20 Å². The maximum absolute atomic E-state index is 7.15. The van der Waals surface area contributed by atoms with Gasteiger partial charge in [-0.05, 0) is 121 Å². The molecular formula is C65H66N4O. The molecule has 5 heteroatoms. The van der Waals surface area contributed by atoms with Crippen LogP contribution in [0.25, 0.3) is 44.4 Å². The van der Waals surface area contributed by atoms with Crippen LogP contribution in [0.1, 0.15) is 110 Å². The third kappa shape index (κ3) is 9.02. The zero-order valence-electron chi connectivity index (χ0n) is 42.8. The van der Waals surface area contributed by atoms with Gasteiger partial charge in [0.2, 0.25) is 0 Å². The van der Waals surface area contributed by atoms with Crippen LogP contribution in [0.2, 0.25) is 0 Å². The molecule has 10 rings (SSSR count). The van der Waals surface area contributed by atoms with Crippen LogP contribution in [-0.2, 0) is 21.7 Å². The Labute approximate surface area is 415 Å². The summed E-state index contributed by atoms with van der Waals surface area (Å²) in [5, 5.41) is 2.31. The summed E-state index contributed by atoms with van der Waals surface area (Å²) in [5.41, 5.74) is 14.9. The Kier molecular flexibility index (Phi) is 11.6. The van der Waals surface area contributed by atoms with Gasteiger partial charge in [-0.2, -0.15) is 0 Å². The predicted molar refractivity (Wildman–Crippen MR) is 296 cm³/mol. The highest BCUT2D eigenvalue weighted by atomic mass is 16.5. The average Bonchev–Trinajstić information content (AvgIpc) is 3.94. The Morgan fingerprint density at radius 3 is 1.69 bits per heavy atom. The van der Waals surface area contributed by atoms with Crippen molar-refractivity contribution < 1.29 is 4.74 Å². The molecule has 2 aromatic heterocycles. The summed E-state index contributed by atoms with van der Waals surface area (Å²) in [6, 6.07) is 63.9. The summed E-state index contributed by atoms with van der Waals surface area (Å²) in [4.78, 5) is 9.88. The van der Waals surface area contributed by atoms with Gasteiger partial charge in [0.15, 0.2) is 0 Å². The molecule has 352 valence electrons. The maximum atomic E-state index is 7.15. The molecule has 5 nitrogen and oxygen atoms in total. The second-order valence-corrected chi connectivity index (χ2v) is 22.8. The molecule has 0 radical (unpaired) electrons. The smallest absolute Gasteiger partial charge is 0.137 e. The molecule has 0 N–H and O–H groups in total. The van der Waals surface area contributed by atoms with E-state index in [-0.39, 0.29) is 21.7 Å². The molecule has 0 fully saturated rings. The summed E-state index contributed by atoms with van der Waals surface area (Å²) in [6.07, 6.45) is 4.26. The lowest BCUT2D eigenvalue weighted by molar-refractivity contribution is 0.480. The topological polar surface area (TPSA) is 33.5 Å². The second kappa shape index (κ2) is 17.5. The minimum absolute atomic E-state index is 0.0227. The van der Waals surface area contributed by atoms with Gasteiger partial charge in [-0.1, -0.05) is 179 Å². The molecule has 0 saturated carbocycles. The first-order valence-electron chi connectivity index (χ1n) is 24.8. The fourth-order valence-corrected chi connectivity index (χ4v) is 9.79. The standard InChI is InChI=1S/C65H66N4O/c1-62(2,3)48-31-32-66-61(39-48)69-58-30-27-46(44-21-15-12-16-22-44)33-57(58)56-29-28-54(41-59(56)69)70-55-38-51(65(10,11)47-25-19-14-20-26-47)37-52(40-55)67-42-60(45-23-17-13-18-24-45)68(43-67)53-35-49(63(4,5)6)34-50(36-53)64(7,8)9/h12-42H,43H2,1-11H3. The lowest BCUT2D eigenvalue weighted by Gasteiger charge is -2.31. The van der Waals surface area contributed by atoms with Gasteiger partial charge in [0.05, 0.1) is 23.4 Å². The maximum Gasteiger partial charge on any atom is 0.137 e. The zero-order valence-corrected chi connectivity index (χ0v) is 42.8. The molecular weight excluding hydrogens is 853 g/mol. The second-order valence-electron chi connectivity index (χ2n) is 22.8. The number of rotatable bonds is 9. The van der Waals surface area contributed by atoms with Gasteiger partial charge >= 0.3 is 0 Å². The first-order valence-corrected chi connectivity index (χ1v) is 24.8. The van der Waals surface area contributed by atoms with Gasteiger partial charge in [0.25, 0.3) is 0 Å². The van der Waals surface area contributed by atoms with Crippen LogP contribution >= 0.6 is 0 Å². The van der Waals surface area contributed by atoms with Crippen molar-refractivity contribution in [3.63, 3.8) is 0 Å². The summed E-state index contributed by atoms with van der Waals surface area (Å²) in [7, 11) is 0. The monoisotopic (exact) mass is 919 g/mol. The Balaban J connectivity index is 1.12. The summed E-state index contributed by atoms with van der Waals surface area (Å²) >= 11 is 0. The van der Waals surface area contributed by atoms with Crippen LogP contribution in [0.15, 0.2) is 188 Å². The Bertz CT molecular complexity index is 3370. The summed E-state index contributed by atoms with van der Waals surface area (Å²) in [6.45, 7) is 25.9. The van der Waals surface area contributed by atoms with Crippen molar-refractivity contribution in [2.24, 2.45) is 0 Å². The van der Waals surface area contributed by atoms with Crippen molar-refractivity contribution in [3.8, 4) is 28.4 Å². The number of pyridine rings is 1. The molecule has 70 heavy (non-hydrogen) atoms. The predicted octanol–water partition coefficient (Wildman–Crippen LogP) is 17.1. The Hall–Kier alpha value is -7.37. The van der Waals surface area contributed by atoms with E-state index in [0.29, 0.717) is 6.67 Å². The van der Waals surface area contributed by atoms with Gasteiger partial charge in [-0.3, -0.25) is 4.57 Å². The van der Waals surface area contributed by atoms with E-state index < -0.39 is 0 Å². The molecule has 0 spiro atoms. The van der Waals surface area contributed by atoms with Crippen LogP contribution in [0, 0.1) is 0 Å². The fourth-order valence-electron chi connectivity index (χ4n) is 9.79. The minimum atomic E-state index is -0.333. The highest BCUT2D eigenvalue weighted by molar-refractivity contribution is 6.10. The average molecular weight is 919 g/mol. The fraction of sp³-hybridized carbons (Fsp3) is 0.246. The first kappa shape index (κ1) is 46.4. The van der Waals surface area contributed by atoms with Crippen LogP contribution in [0.4, 0.5) is 11.4 Å². The van der Waals surface area contributed by atoms with E-state index in [1.54, 1.807) is 0 Å². The van der Waals surface area contributed by atoms with Crippen molar-refractivity contribution in [2.45, 2.75) is 97.8 Å². The normalized spacial score (nSPS) is 13.6. The lowest BCUT2D eigenvalue weighted by Crippen LogP contribution is -2.28. The van der Waals surface area contributed by atoms with Gasteiger partial charge in [0, 0.05) is 52.1 Å². The number of nitrogens with zero attached hydrogens (tertiary/aromatic N) is 4. The van der Waals surface area contributed by atoms with Crippen molar-refractivity contribution in [2.75, 3.05) is 16.5 Å². The molecule has 0 atom stereocenters. The number of fused-ring (bicyclic) bond motifs is 3. The highest BCUT2D eigenvalue weighted by Gasteiger charge is 2.31. The van der Waals surface area contributed by atoms with E-state index in [4.69, 9.17) is 9.72 Å². The molecule has 3 heterocycles. The number of hydrogen-bond donors (Lipinski definition) is 0. The molecule has 1 aliphatic heterocycles. The molecule has 9 aromatic rings. The zero-order chi connectivity index (χ0) is 49.2. The third-order valence-corrected chi connectivity index (χ3v) is 14.3. The van der Waals surface area contributed by atoms with Gasteiger partial charge < -0.3 is 14.5 Å². The Morgan fingerprint density at radius 2 is 1.04 bits per heavy atom. The Morgan fingerprint density at radius 1 is 0.429 bits per heavy atom. The van der Waals surface area contributed by atoms with Gasteiger partial charge in [0.1, 0.15) is 17.3 Å². The van der Waals surface area contributed by atoms with Gasteiger partial charge in [-0.15, -0.1) is 0 Å². The van der Waals surface area contributed by atoms with E-state index in [9.17, 15) is 0 Å². The molecule has 0 unspecified atom stereocenters. The number of ether oxygens (including phenoxy) is 1. The van der Waals surface area contributed by atoms with Crippen LogP contribution in [-0.4, -0.2) is 16.2 Å². The van der Waals surface area contributed by atoms with Crippen molar-refractivity contribution in [3.05, 3.63) is 222 Å². The number of benzene rings is 7. The molecule has 0 amide bonds. The quantitative estimate of drug-likeness (QED) is 0.144.